The van der Waals surface area contributed by atoms with Gasteiger partial charge in [0.1, 0.15) is 0 Å². The van der Waals surface area contributed by atoms with Crippen LogP contribution in [0.2, 0.25) is 0 Å². The minimum absolute atomic E-state index is 0.367. The van der Waals surface area contributed by atoms with Crippen LogP contribution in [0, 0.1) is 0 Å². The van der Waals surface area contributed by atoms with Gasteiger partial charge in [-0.15, -0.1) is 0 Å². The molecule has 1 aromatic carbocycles. The maximum absolute atomic E-state index is 6.25. The molecule has 3 nitrogen and oxygen atoms in total. The van der Waals surface area contributed by atoms with E-state index >= 15 is 0 Å². The Labute approximate surface area is 122 Å². The van der Waals surface area contributed by atoms with Crippen LogP contribution in [-0.4, -0.2) is 36.2 Å². The first kappa shape index (κ1) is 14.1. The van der Waals surface area contributed by atoms with Crippen molar-refractivity contribution in [2.24, 2.45) is 5.73 Å². The van der Waals surface area contributed by atoms with E-state index in [1.165, 1.54) is 31.2 Å². The number of likely N-dealkylation sites (tertiary alicyclic amines) is 1. The lowest BCUT2D eigenvalue weighted by molar-refractivity contribution is -0.0392. The highest BCUT2D eigenvalue weighted by Crippen LogP contribution is 2.28. The summed E-state index contributed by atoms with van der Waals surface area (Å²) < 4.78 is 6.25. The van der Waals surface area contributed by atoms with Gasteiger partial charge >= 0.3 is 0 Å². The molecule has 3 atom stereocenters. The summed E-state index contributed by atoms with van der Waals surface area (Å²) in [7, 11) is 0. The maximum Gasteiger partial charge on any atom is 0.0734 e. The molecular formula is C17H26N2O. The fourth-order valence-electron chi connectivity index (χ4n) is 3.58. The van der Waals surface area contributed by atoms with Crippen molar-refractivity contribution in [2.45, 2.75) is 56.9 Å². The summed E-state index contributed by atoms with van der Waals surface area (Å²) in [6.07, 6.45) is 6.63. The average Bonchev–Trinajstić information content (AvgIpc) is 2.93. The van der Waals surface area contributed by atoms with Crippen molar-refractivity contribution in [3.8, 4) is 0 Å². The third-order valence-electron chi connectivity index (χ3n) is 4.70. The highest BCUT2D eigenvalue weighted by Gasteiger charge is 2.34. The summed E-state index contributed by atoms with van der Waals surface area (Å²) in [5.74, 6) is 0. The van der Waals surface area contributed by atoms with Crippen molar-refractivity contribution in [2.75, 3.05) is 13.1 Å². The monoisotopic (exact) mass is 274 g/mol. The molecule has 0 amide bonds. The lowest BCUT2D eigenvalue weighted by atomic mass is 9.91. The maximum atomic E-state index is 6.25. The Balaban J connectivity index is 1.58. The number of benzene rings is 1. The lowest BCUT2D eigenvalue weighted by Gasteiger charge is -2.37. The topological polar surface area (TPSA) is 38.5 Å². The van der Waals surface area contributed by atoms with Crippen LogP contribution < -0.4 is 5.73 Å². The number of nitrogens with zero attached hydrogens (tertiary/aromatic N) is 1. The largest absolute Gasteiger partial charge is 0.372 e. The molecule has 0 bridgehead atoms. The fourth-order valence-corrected chi connectivity index (χ4v) is 3.58. The molecule has 3 heteroatoms. The summed E-state index contributed by atoms with van der Waals surface area (Å²) in [6, 6.07) is 11.5. The molecule has 1 unspecified atom stereocenters. The zero-order chi connectivity index (χ0) is 13.8. The molecule has 1 saturated heterocycles. The molecule has 0 aromatic heterocycles. The van der Waals surface area contributed by atoms with Crippen molar-refractivity contribution < 1.29 is 4.74 Å². The Bertz CT molecular complexity index is 409. The van der Waals surface area contributed by atoms with Gasteiger partial charge in [0.05, 0.1) is 12.7 Å². The van der Waals surface area contributed by atoms with Crippen LogP contribution in [0.5, 0.6) is 0 Å². The zero-order valence-electron chi connectivity index (χ0n) is 12.2. The minimum atomic E-state index is 0.367. The molecule has 1 aromatic rings. The van der Waals surface area contributed by atoms with Gasteiger partial charge in [0.25, 0.3) is 0 Å². The summed E-state index contributed by atoms with van der Waals surface area (Å²) >= 11 is 0. The normalized spacial score (nSPS) is 31.6. The van der Waals surface area contributed by atoms with Crippen molar-refractivity contribution in [3.05, 3.63) is 35.9 Å². The predicted molar refractivity (Wildman–Crippen MR) is 81.4 cm³/mol. The summed E-state index contributed by atoms with van der Waals surface area (Å²) in [5, 5.41) is 0. The van der Waals surface area contributed by atoms with Gasteiger partial charge in [-0.2, -0.15) is 0 Å². The van der Waals surface area contributed by atoms with Gasteiger partial charge in [-0.1, -0.05) is 43.2 Å². The van der Waals surface area contributed by atoms with Crippen LogP contribution in [0.15, 0.2) is 30.3 Å². The van der Waals surface area contributed by atoms with E-state index in [2.05, 4.69) is 35.2 Å². The van der Waals surface area contributed by atoms with Gasteiger partial charge in [-0.3, -0.25) is 4.90 Å². The Morgan fingerprint density at radius 3 is 2.65 bits per heavy atom. The van der Waals surface area contributed by atoms with Gasteiger partial charge < -0.3 is 10.5 Å². The molecule has 1 aliphatic carbocycles. The van der Waals surface area contributed by atoms with Gasteiger partial charge in [0.15, 0.2) is 0 Å². The third kappa shape index (κ3) is 3.40. The minimum Gasteiger partial charge on any atom is -0.372 e. The van der Waals surface area contributed by atoms with Crippen LogP contribution >= 0.6 is 0 Å². The second-order valence-electron chi connectivity index (χ2n) is 6.23. The lowest BCUT2D eigenvalue weighted by Crippen LogP contribution is -2.46. The van der Waals surface area contributed by atoms with Crippen LogP contribution in [0.1, 0.15) is 37.7 Å². The van der Waals surface area contributed by atoms with Crippen LogP contribution in [0.3, 0.4) is 0 Å². The standard InChI is InChI=1S/C17H26N2O/c18-15-10-11-19(12-15)16-8-4-5-9-17(16)20-13-14-6-2-1-3-7-14/h1-3,6-7,15-17H,4-5,8-13,18H2/t15-,16?,17+/m1/s1. The molecule has 2 aliphatic rings. The van der Waals surface area contributed by atoms with Crippen molar-refractivity contribution in [3.63, 3.8) is 0 Å². The van der Waals surface area contributed by atoms with Crippen LogP contribution in [0.25, 0.3) is 0 Å². The van der Waals surface area contributed by atoms with E-state index in [4.69, 9.17) is 10.5 Å². The van der Waals surface area contributed by atoms with E-state index in [1.807, 2.05) is 0 Å². The average molecular weight is 274 g/mol. The Morgan fingerprint density at radius 1 is 1.10 bits per heavy atom. The first-order chi connectivity index (χ1) is 9.83. The van der Waals surface area contributed by atoms with Crippen molar-refractivity contribution >= 4 is 0 Å². The summed E-state index contributed by atoms with van der Waals surface area (Å²) in [6.45, 7) is 2.94. The highest BCUT2D eigenvalue weighted by molar-refractivity contribution is 5.13. The van der Waals surface area contributed by atoms with Gasteiger partial charge in [0.2, 0.25) is 0 Å². The number of ether oxygens (including phenoxy) is 1. The van der Waals surface area contributed by atoms with Crippen molar-refractivity contribution in [1.82, 2.24) is 4.90 Å². The molecular weight excluding hydrogens is 248 g/mol. The second kappa shape index (κ2) is 6.70. The van der Waals surface area contributed by atoms with E-state index in [1.54, 1.807) is 0 Å². The highest BCUT2D eigenvalue weighted by atomic mass is 16.5. The van der Waals surface area contributed by atoms with Gasteiger partial charge in [-0.25, -0.2) is 0 Å². The second-order valence-corrected chi connectivity index (χ2v) is 6.23. The number of nitrogens with two attached hydrogens (primary N) is 1. The van der Waals surface area contributed by atoms with E-state index < -0.39 is 0 Å². The van der Waals surface area contributed by atoms with E-state index in [0.29, 0.717) is 18.2 Å². The predicted octanol–water partition coefficient (Wildman–Crippen LogP) is 2.55. The molecule has 2 fully saturated rings. The number of hydrogen-bond donors (Lipinski definition) is 1. The molecule has 110 valence electrons. The molecule has 20 heavy (non-hydrogen) atoms. The number of rotatable bonds is 4. The molecule has 0 radical (unpaired) electrons. The Morgan fingerprint density at radius 2 is 1.90 bits per heavy atom. The van der Waals surface area contributed by atoms with Crippen molar-refractivity contribution in [1.29, 1.82) is 0 Å². The summed E-state index contributed by atoms with van der Waals surface area (Å²) in [4.78, 5) is 2.57. The molecule has 1 aliphatic heterocycles. The van der Waals surface area contributed by atoms with Gasteiger partial charge in [0, 0.05) is 25.2 Å². The number of hydrogen-bond acceptors (Lipinski definition) is 3. The Hall–Kier alpha value is -0.900. The Kier molecular flexibility index (Phi) is 4.71. The third-order valence-corrected chi connectivity index (χ3v) is 4.70. The SMILES string of the molecule is N[C@@H]1CCN(C2CCCC[C@@H]2OCc2ccccc2)C1. The summed E-state index contributed by atoms with van der Waals surface area (Å²) in [5.41, 5.74) is 7.33. The van der Waals surface area contributed by atoms with E-state index in [-0.39, 0.29) is 0 Å². The first-order valence-electron chi connectivity index (χ1n) is 7.98. The zero-order valence-corrected chi connectivity index (χ0v) is 12.2. The molecule has 2 N–H and O–H groups in total. The molecule has 0 spiro atoms. The van der Waals surface area contributed by atoms with Crippen LogP contribution in [0.4, 0.5) is 0 Å². The van der Waals surface area contributed by atoms with Crippen LogP contribution in [-0.2, 0) is 11.3 Å². The van der Waals surface area contributed by atoms with E-state index in [9.17, 15) is 0 Å². The van der Waals surface area contributed by atoms with Gasteiger partial charge in [-0.05, 0) is 24.8 Å². The molecule has 3 rings (SSSR count). The molecule has 1 saturated carbocycles. The van der Waals surface area contributed by atoms with E-state index in [0.717, 1.165) is 26.1 Å². The quantitative estimate of drug-likeness (QED) is 0.917. The smallest absolute Gasteiger partial charge is 0.0734 e. The fraction of sp³-hybridized carbons (Fsp3) is 0.647. The first-order valence-corrected chi connectivity index (χ1v) is 7.98. The molecule has 1 heterocycles.